The Morgan fingerprint density at radius 2 is 2.00 bits per heavy atom. The third-order valence-corrected chi connectivity index (χ3v) is 2.43. The van der Waals surface area contributed by atoms with Crippen LogP contribution in [-0.4, -0.2) is 23.5 Å². The van der Waals surface area contributed by atoms with Crippen molar-refractivity contribution >= 4 is 21.6 Å². The van der Waals surface area contributed by atoms with E-state index in [-0.39, 0.29) is 6.54 Å². The molecule has 0 saturated heterocycles. The van der Waals surface area contributed by atoms with Gasteiger partial charge in [0.1, 0.15) is 0 Å². The van der Waals surface area contributed by atoms with Gasteiger partial charge in [-0.3, -0.25) is 0 Å². The van der Waals surface area contributed by atoms with Crippen LogP contribution in [0.15, 0.2) is 28.7 Å². The average molecular weight is 257 g/mol. The van der Waals surface area contributed by atoms with Gasteiger partial charge in [0.2, 0.25) is 0 Å². The Hall–Kier alpha value is -0.710. The van der Waals surface area contributed by atoms with Gasteiger partial charge in [-0.15, -0.1) is 0 Å². The van der Waals surface area contributed by atoms with Crippen molar-refractivity contribution in [3.63, 3.8) is 0 Å². The van der Waals surface area contributed by atoms with Gasteiger partial charge in [-0.25, -0.2) is 0 Å². The van der Waals surface area contributed by atoms with Gasteiger partial charge in [-0.1, -0.05) is 28.1 Å². The van der Waals surface area contributed by atoms with Crippen LogP contribution in [0.5, 0.6) is 0 Å². The minimum Gasteiger partial charge on any atom is -0.391 e. The molecule has 1 aromatic rings. The highest BCUT2D eigenvalue weighted by Gasteiger charge is 2.07. The Kier molecular flexibility index (Phi) is 4.25. The number of benzene rings is 1. The minimum atomic E-state index is -0.619. The zero-order chi connectivity index (χ0) is 10.6. The highest BCUT2D eigenvalue weighted by Crippen LogP contribution is 2.12. The molecule has 0 amide bonds. The number of nitrogens with two attached hydrogens (primary N) is 1. The summed E-state index contributed by atoms with van der Waals surface area (Å²) in [6.07, 6.45) is -0.316. The summed E-state index contributed by atoms with van der Waals surface area (Å²) in [5.41, 5.74) is 6.50. The van der Waals surface area contributed by atoms with Crippen molar-refractivity contribution in [3.8, 4) is 0 Å². The zero-order valence-corrected chi connectivity index (χ0v) is 9.29. The van der Waals surface area contributed by atoms with E-state index < -0.39 is 6.10 Å². The highest BCUT2D eigenvalue weighted by molar-refractivity contribution is 9.10. The zero-order valence-electron chi connectivity index (χ0n) is 7.70. The van der Waals surface area contributed by atoms with Crippen molar-refractivity contribution in [1.82, 2.24) is 0 Å². The van der Waals surface area contributed by atoms with Crippen molar-refractivity contribution in [2.24, 2.45) is 5.73 Å². The number of nitrogens with one attached hydrogen (secondary N) is 1. The Balaban J connectivity index is 2.65. The monoisotopic (exact) mass is 256 g/mol. The Labute approximate surface area is 91.6 Å². The fraction of sp³-hybridized carbons (Fsp3) is 0.300. The highest BCUT2D eigenvalue weighted by atomic mass is 79.9. The summed E-state index contributed by atoms with van der Waals surface area (Å²) >= 11 is 3.32. The maximum Gasteiger partial charge on any atom is 0.0717 e. The largest absolute Gasteiger partial charge is 0.391 e. The summed E-state index contributed by atoms with van der Waals surface area (Å²) in [5.74, 6) is 0. The van der Waals surface area contributed by atoms with Crippen LogP contribution in [0, 0.1) is 5.41 Å². The maximum absolute atomic E-state index is 9.27. The Morgan fingerprint density at radius 3 is 2.50 bits per heavy atom. The lowest BCUT2D eigenvalue weighted by Crippen LogP contribution is -2.23. The molecule has 0 aliphatic rings. The van der Waals surface area contributed by atoms with E-state index in [1.165, 1.54) is 0 Å². The van der Waals surface area contributed by atoms with E-state index >= 15 is 0 Å². The summed E-state index contributed by atoms with van der Waals surface area (Å²) in [4.78, 5) is 0. The van der Waals surface area contributed by atoms with Gasteiger partial charge in [0, 0.05) is 23.1 Å². The number of aliphatic hydroxyl groups excluding tert-OH is 1. The van der Waals surface area contributed by atoms with E-state index in [0.717, 1.165) is 10.0 Å². The maximum atomic E-state index is 9.27. The van der Waals surface area contributed by atoms with Crippen molar-refractivity contribution in [1.29, 1.82) is 5.41 Å². The molecule has 0 aromatic heterocycles. The quantitative estimate of drug-likeness (QED) is 0.716. The molecule has 4 N–H and O–H groups in total. The first-order valence-electron chi connectivity index (χ1n) is 4.35. The lowest BCUT2D eigenvalue weighted by atomic mass is 10.0. The number of hydrogen-bond acceptors (Lipinski definition) is 3. The van der Waals surface area contributed by atoms with Crippen molar-refractivity contribution in [2.45, 2.75) is 12.5 Å². The van der Waals surface area contributed by atoms with Crippen LogP contribution in [-0.2, 0) is 0 Å². The molecular formula is C10H13BrN2O. The summed E-state index contributed by atoms with van der Waals surface area (Å²) in [7, 11) is 0. The first kappa shape index (κ1) is 11.4. The van der Waals surface area contributed by atoms with Gasteiger partial charge in [-0.05, 0) is 17.7 Å². The van der Waals surface area contributed by atoms with Crippen molar-refractivity contribution < 1.29 is 5.11 Å². The molecular weight excluding hydrogens is 244 g/mol. The topological polar surface area (TPSA) is 70.1 Å². The van der Waals surface area contributed by atoms with Crippen LogP contribution in [0.4, 0.5) is 0 Å². The Bertz CT molecular complexity index is 310. The molecule has 4 heteroatoms. The number of halogens is 1. The molecule has 1 rings (SSSR count). The fourth-order valence-corrected chi connectivity index (χ4v) is 1.35. The molecule has 0 fully saturated rings. The second kappa shape index (κ2) is 5.24. The summed E-state index contributed by atoms with van der Waals surface area (Å²) in [6, 6.07) is 7.43. The van der Waals surface area contributed by atoms with Crippen LogP contribution >= 0.6 is 15.9 Å². The lowest BCUT2D eigenvalue weighted by molar-refractivity contribution is 0.191. The van der Waals surface area contributed by atoms with Gasteiger partial charge in [-0.2, -0.15) is 0 Å². The molecule has 0 heterocycles. The number of hydrogen-bond donors (Lipinski definition) is 3. The van der Waals surface area contributed by atoms with Gasteiger partial charge in [0.05, 0.1) is 6.10 Å². The third kappa shape index (κ3) is 3.21. The van der Waals surface area contributed by atoms with Crippen LogP contribution in [0.3, 0.4) is 0 Å². The number of rotatable bonds is 4. The molecule has 0 saturated carbocycles. The average Bonchev–Trinajstić information content (AvgIpc) is 2.18. The van der Waals surface area contributed by atoms with Crippen LogP contribution in [0.2, 0.25) is 0 Å². The van der Waals surface area contributed by atoms with Crippen LogP contribution in [0.1, 0.15) is 12.0 Å². The lowest BCUT2D eigenvalue weighted by Gasteiger charge is -2.08. The van der Waals surface area contributed by atoms with Crippen LogP contribution < -0.4 is 5.73 Å². The molecule has 1 atom stereocenters. The molecule has 0 bridgehead atoms. The summed E-state index contributed by atoms with van der Waals surface area (Å²) in [6.45, 7) is 0.193. The van der Waals surface area contributed by atoms with Gasteiger partial charge >= 0.3 is 0 Å². The molecule has 1 aromatic carbocycles. The second-order valence-corrected chi connectivity index (χ2v) is 3.99. The SMILES string of the molecule is N=C(C[C@@H](O)CN)c1ccc(Br)cc1. The third-order valence-electron chi connectivity index (χ3n) is 1.90. The second-order valence-electron chi connectivity index (χ2n) is 3.08. The molecule has 0 aliphatic carbocycles. The predicted molar refractivity (Wildman–Crippen MR) is 60.6 cm³/mol. The predicted octanol–water partition coefficient (Wildman–Crippen LogP) is 1.53. The molecule has 0 radical (unpaired) electrons. The van der Waals surface area contributed by atoms with E-state index in [4.69, 9.17) is 11.1 Å². The first-order chi connectivity index (χ1) is 6.63. The fourth-order valence-electron chi connectivity index (χ4n) is 1.09. The van der Waals surface area contributed by atoms with Gasteiger partial charge < -0.3 is 16.2 Å². The summed E-state index contributed by atoms with van der Waals surface area (Å²) in [5, 5.41) is 17.0. The van der Waals surface area contributed by atoms with E-state index in [1.807, 2.05) is 24.3 Å². The van der Waals surface area contributed by atoms with E-state index in [9.17, 15) is 5.11 Å². The first-order valence-corrected chi connectivity index (χ1v) is 5.14. The molecule has 0 aliphatic heterocycles. The van der Waals surface area contributed by atoms with E-state index in [0.29, 0.717) is 12.1 Å². The molecule has 0 unspecified atom stereocenters. The van der Waals surface area contributed by atoms with Crippen molar-refractivity contribution in [3.05, 3.63) is 34.3 Å². The molecule has 3 nitrogen and oxygen atoms in total. The van der Waals surface area contributed by atoms with Gasteiger partial charge in [0.15, 0.2) is 0 Å². The smallest absolute Gasteiger partial charge is 0.0717 e. The molecule has 0 spiro atoms. The molecule has 76 valence electrons. The Morgan fingerprint density at radius 1 is 1.43 bits per heavy atom. The van der Waals surface area contributed by atoms with E-state index in [2.05, 4.69) is 15.9 Å². The van der Waals surface area contributed by atoms with Crippen molar-refractivity contribution in [2.75, 3.05) is 6.54 Å². The minimum absolute atomic E-state index is 0.193. The normalized spacial score (nSPS) is 12.5. The van der Waals surface area contributed by atoms with E-state index in [1.54, 1.807) is 0 Å². The van der Waals surface area contributed by atoms with Gasteiger partial charge in [0.25, 0.3) is 0 Å². The molecule has 14 heavy (non-hydrogen) atoms. The van der Waals surface area contributed by atoms with Crippen LogP contribution in [0.25, 0.3) is 0 Å². The standard InChI is InChI=1S/C10H13BrN2O/c11-8-3-1-7(2-4-8)10(13)5-9(14)6-12/h1-4,9,13-14H,5-6,12H2/t9-/m1/s1. The number of aliphatic hydroxyl groups is 1. The summed E-state index contributed by atoms with van der Waals surface area (Å²) < 4.78 is 0.980.